The highest BCUT2D eigenvalue weighted by Gasteiger charge is 2.52. The van der Waals surface area contributed by atoms with Gasteiger partial charge in [-0.3, -0.25) is 9.78 Å². The summed E-state index contributed by atoms with van der Waals surface area (Å²) in [5.74, 6) is -0.594. The van der Waals surface area contributed by atoms with Crippen molar-refractivity contribution in [3.05, 3.63) is 49.1 Å². The van der Waals surface area contributed by atoms with Crippen LogP contribution in [0.4, 0.5) is 8.78 Å². The molecular weight excluding hydrogens is 290 g/mol. The molecule has 1 aliphatic rings. The second kappa shape index (κ2) is 5.32. The van der Waals surface area contributed by atoms with Gasteiger partial charge in [0.25, 0.3) is 12.3 Å². The van der Waals surface area contributed by atoms with Crippen molar-refractivity contribution in [2.24, 2.45) is 0 Å². The highest BCUT2D eigenvalue weighted by Crippen LogP contribution is 2.41. The Labute approximate surface area is 125 Å². The van der Waals surface area contributed by atoms with E-state index in [0.29, 0.717) is 18.4 Å². The molecular formula is C15H14F2N4O. The van der Waals surface area contributed by atoms with Crippen molar-refractivity contribution in [3.63, 3.8) is 0 Å². The Morgan fingerprint density at radius 1 is 1.41 bits per heavy atom. The first kappa shape index (κ1) is 14.4. The maximum atomic E-state index is 12.9. The summed E-state index contributed by atoms with van der Waals surface area (Å²) in [5.41, 5.74) is -0.0546. The van der Waals surface area contributed by atoms with Crippen molar-refractivity contribution < 1.29 is 13.6 Å². The number of carbonyl (C=O) groups is 1. The van der Waals surface area contributed by atoms with Crippen molar-refractivity contribution in [2.75, 3.05) is 0 Å². The molecule has 1 N–H and O–H groups in total. The lowest BCUT2D eigenvalue weighted by molar-refractivity contribution is -0.117. The fraction of sp³-hybridized carbons (Fsp3) is 0.267. The SMILES string of the molecule is C=C(C(=O)NC1(C(F)F)CC1)c1cnn(-c2cccnc2)c1. The Morgan fingerprint density at radius 3 is 2.77 bits per heavy atom. The standard InChI is InChI=1S/C15H14F2N4O/c1-10(13(22)20-15(4-5-15)14(16)17)11-7-19-21(9-11)12-3-2-6-18-8-12/h2-3,6-9,14H,1,4-5H2,(H,20,22). The van der Waals surface area contributed by atoms with Gasteiger partial charge in [-0.15, -0.1) is 0 Å². The predicted octanol–water partition coefficient (Wildman–Crippen LogP) is 2.19. The van der Waals surface area contributed by atoms with Gasteiger partial charge in [-0.1, -0.05) is 6.58 Å². The largest absolute Gasteiger partial charge is 0.341 e. The highest BCUT2D eigenvalue weighted by atomic mass is 19.3. The number of carbonyl (C=O) groups excluding carboxylic acids is 1. The molecule has 1 aliphatic carbocycles. The Morgan fingerprint density at radius 2 is 2.18 bits per heavy atom. The van der Waals surface area contributed by atoms with Crippen molar-refractivity contribution in [1.82, 2.24) is 20.1 Å². The molecule has 1 fully saturated rings. The summed E-state index contributed by atoms with van der Waals surface area (Å²) >= 11 is 0. The summed E-state index contributed by atoms with van der Waals surface area (Å²) < 4.78 is 27.3. The Balaban J connectivity index is 1.73. The molecule has 1 saturated carbocycles. The number of halogens is 2. The molecule has 0 bridgehead atoms. The van der Waals surface area contributed by atoms with Crippen LogP contribution in [-0.2, 0) is 4.79 Å². The van der Waals surface area contributed by atoms with Crippen LogP contribution in [0.15, 0.2) is 43.5 Å². The third-order valence-electron chi connectivity index (χ3n) is 3.68. The number of nitrogens with zero attached hydrogens (tertiary/aromatic N) is 3. The van der Waals surface area contributed by atoms with E-state index in [1.54, 1.807) is 29.3 Å². The first-order valence-corrected chi connectivity index (χ1v) is 6.77. The van der Waals surface area contributed by atoms with Gasteiger partial charge in [0.1, 0.15) is 5.54 Å². The quantitative estimate of drug-likeness (QED) is 0.861. The minimum absolute atomic E-state index is 0.113. The van der Waals surface area contributed by atoms with Gasteiger partial charge in [-0.05, 0) is 25.0 Å². The summed E-state index contributed by atoms with van der Waals surface area (Å²) in [6.45, 7) is 3.68. The van der Waals surface area contributed by atoms with Gasteiger partial charge < -0.3 is 5.32 Å². The molecule has 0 aromatic carbocycles. The van der Waals surface area contributed by atoms with E-state index >= 15 is 0 Å². The van der Waals surface area contributed by atoms with Crippen LogP contribution in [0.5, 0.6) is 0 Å². The van der Waals surface area contributed by atoms with Crippen LogP contribution < -0.4 is 5.32 Å². The zero-order chi connectivity index (χ0) is 15.7. The average Bonchev–Trinajstić information content (AvgIpc) is 3.14. The summed E-state index contributed by atoms with van der Waals surface area (Å²) in [5, 5.41) is 6.50. The molecule has 7 heteroatoms. The Hall–Kier alpha value is -2.57. The lowest BCUT2D eigenvalue weighted by Gasteiger charge is -2.16. The predicted molar refractivity (Wildman–Crippen MR) is 76.5 cm³/mol. The molecule has 5 nitrogen and oxygen atoms in total. The van der Waals surface area contributed by atoms with E-state index in [0.717, 1.165) is 5.69 Å². The summed E-state index contributed by atoms with van der Waals surface area (Å²) in [6, 6.07) is 3.57. The number of hydrogen-bond donors (Lipinski definition) is 1. The smallest absolute Gasteiger partial charge is 0.261 e. The molecule has 0 radical (unpaired) electrons. The molecule has 0 aliphatic heterocycles. The van der Waals surface area contributed by atoms with Crippen LogP contribution in [0.2, 0.25) is 0 Å². The highest BCUT2D eigenvalue weighted by molar-refractivity contribution is 6.18. The average molecular weight is 304 g/mol. The van der Waals surface area contributed by atoms with Crippen LogP contribution in [0, 0.1) is 0 Å². The number of alkyl halides is 2. The Kier molecular flexibility index (Phi) is 3.48. The molecule has 0 atom stereocenters. The van der Waals surface area contributed by atoms with Crippen LogP contribution in [0.1, 0.15) is 18.4 Å². The topological polar surface area (TPSA) is 59.8 Å². The van der Waals surface area contributed by atoms with Gasteiger partial charge in [0.15, 0.2) is 0 Å². The lowest BCUT2D eigenvalue weighted by atomic mass is 10.1. The number of pyridine rings is 1. The van der Waals surface area contributed by atoms with Crippen molar-refractivity contribution in [3.8, 4) is 5.69 Å². The van der Waals surface area contributed by atoms with E-state index < -0.39 is 17.9 Å². The lowest BCUT2D eigenvalue weighted by Crippen LogP contribution is -2.42. The fourth-order valence-electron chi connectivity index (χ4n) is 2.07. The molecule has 114 valence electrons. The van der Waals surface area contributed by atoms with E-state index in [4.69, 9.17) is 0 Å². The molecule has 0 saturated heterocycles. The van der Waals surface area contributed by atoms with Gasteiger partial charge >= 0.3 is 0 Å². The first-order valence-electron chi connectivity index (χ1n) is 6.77. The number of nitrogens with one attached hydrogen (secondary N) is 1. The number of aromatic nitrogens is 3. The molecule has 0 unspecified atom stereocenters. The second-order valence-corrected chi connectivity index (χ2v) is 5.27. The van der Waals surface area contributed by atoms with E-state index in [-0.39, 0.29) is 5.57 Å². The van der Waals surface area contributed by atoms with Gasteiger partial charge in [0, 0.05) is 23.5 Å². The normalized spacial score (nSPS) is 15.6. The maximum Gasteiger partial charge on any atom is 0.261 e. The Bertz CT molecular complexity index is 707. The van der Waals surface area contributed by atoms with Crippen molar-refractivity contribution in [1.29, 1.82) is 0 Å². The molecule has 2 aromatic heterocycles. The van der Waals surface area contributed by atoms with Crippen LogP contribution in [-0.4, -0.2) is 32.6 Å². The molecule has 1 amide bonds. The monoisotopic (exact) mass is 304 g/mol. The molecule has 0 spiro atoms. The molecule has 22 heavy (non-hydrogen) atoms. The van der Waals surface area contributed by atoms with Gasteiger partial charge in [0.05, 0.1) is 18.1 Å². The fourth-order valence-corrected chi connectivity index (χ4v) is 2.07. The van der Waals surface area contributed by atoms with Crippen LogP contribution in [0.25, 0.3) is 11.3 Å². The number of rotatable bonds is 5. The van der Waals surface area contributed by atoms with Crippen LogP contribution in [0.3, 0.4) is 0 Å². The molecule has 3 rings (SSSR count). The number of amides is 1. The summed E-state index contributed by atoms with van der Waals surface area (Å²) in [6.07, 6.45) is 4.35. The zero-order valence-electron chi connectivity index (χ0n) is 11.7. The van der Waals surface area contributed by atoms with Crippen molar-refractivity contribution in [2.45, 2.75) is 24.8 Å². The third-order valence-corrected chi connectivity index (χ3v) is 3.68. The van der Waals surface area contributed by atoms with E-state index in [1.807, 2.05) is 6.07 Å². The number of hydrogen-bond acceptors (Lipinski definition) is 3. The van der Waals surface area contributed by atoms with E-state index in [2.05, 4.69) is 22.0 Å². The second-order valence-electron chi connectivity index (χ2n) is 5.27. The van der Waals surface area contributed by atoms with Gasteiger partial charge in [-0.25, -0.2) is 13.5 Å². The van der Waals surface area contributed by atoms with E-state index in [9.17, 15) is 13.6 Å². The molecule has 2 heterocycles. The summed E-state index contributed by atoms with van der Waals surface area (Å²) in [7, 11) is 0. The third kappa shape index (κ3) is 2.61. The molecule has 2 aromatic rings. The summed E-state index contributed by atoms with van der Waals surface area (Å²) in [4.78, 5) is 16.0. The van der Waals surface area contributed by atoms with Crippen LogP contribution >= 0.6 is 0 Å². The zero-order valence-corrected chi connectivity index (χ0v) is 11.7. The first-order chi connectivity index (χ1) is 10.5. The minimum atomic E-state index is -2.57. The van der Waals surface area contributed by atoms with Crippen molar-refractivity contribution >= 4 is 11.5 Å². The van der Waals surface area contributed by atoms with Gasteiger partial charge in [0.2, 0.25) is 0 Å². The maximum absolute atomic E-state index is 12.9. The minimum Gasteiger partial charge on any atom is -0.341 e. The van der Waals surface area contributed by atoms with E-state index in [1.165, 1.54) is 6.20 Å². The van der Waals surface area contributed by atoms with Gasteiger partial charge in [-0.2, -0.15) is 5.10 Å².